The average Bonchev–Trinajstić information content (AvgIpc) is 2.78. The van der Waals surface area contributed by atoms with Gasteiger partial charge >= 0.3 is 12.2 Å². The Morgan fingerprint density at radius 2 is 1.97 bits per heavy atom. The summed E-state index contributed by atoms with van der Waals surface area (Å²) < 4.78 is 39.8. The summed E-state index contributed by atoms with van der Waals surface area (Å²) in [7, 11) is 0. The average molecular weight is 472 g/mol. The van der Waals surface area contributed by atoms with Gasteiger partial charge in [-0.15, -0.1) is 11.8 Å². The molecule has 0 radical (unpaired) electrons. The van der Waals surface area contributed by atoms with Gasteiger partial charge in [0.05, 0.1) is 28.9 Å². The number of carbonyl (C=O) groups excluding carboxylic acids is 2. The van der Waals surface area contributed by atoms with E-state index in [2.05, 4.69) is 11.4 Å². The molecular formula is C24H20F3N3O2S. The van der Waals surface area contributed by atoms with E-state index in [4.69, 9.17) is 0 Å². The van der Waals surface area contributed by atoms with E-state index in [1.807, 2.05) is 6.92 Å². The highest BCUT2D eigenvalue weighted by Crippen LogP contribution is 2.42. The third-order valence-electron chi connectivity index (χ3n) is 5.64. The number of anilines is 1. The Labute approximate surface area is 193 Å². The minimum Gasteiger partial charge on any atom is -0.326 e. The molecule has 2 aromatic rings. The number of rotatable bonds is 4. The fourth-order valence-electron chi connectivity index (χ4n) is 4.24. The molecule has 0 bridgehead atoms. The number of carbonyl (C=O) groups is 2. The highest BCUT2D eigenvalue weighted by Gasteiger charge is 2.41. The molecule has 0 saturated carbocycles. The molecule has 170 valence electrons. The van der Waals surface area contributed by atoms with E-state index in [9.17, 15) is 28.0 Å². The van der Waals surface area contributed by atoms with Crippen molar-refractivity contribution in [2.24, 2.45) is 0 Å². The van der Waals surface area contributed by atoms with Crippen LogP contribution in [0.4, 0.5) is 23.7 Å². The summed E-state index contributed by atoms with van der Waals surface area (Å²) in [6.45, 7) is 1.96. The van der Waals surface area contributed by atoms with E-state index in [1.165, 1.54) is 28.8 Å². The SMILES string of the molecule is CCSc1cc(C#N)ccc1[C@@H]1NC(=O)N(c2cccc(C(F)(F)F)c2)C2=C1C(=O)CCC2. The van der Waals surface area contributed by atoms with E-state index in [1.54, 1.807) is 18.2 Å². The van der Waals surface area contributed by atoms with Crippen LogP contribution in [0.3, 0.4) is 0 Å². The maximum Gasteiger partial charge on any atom is 0.416 e. The van der Waals surface area contributed by atoms with Gasteiger partial charge in [0.15, 0.2) is 5.78 Å². The lowest BCUT2D eigenvalue weighted by molar-refractivity contribution is -0.137. The van der Waals surface area contributed by atoms with Crippen LogP contribution in [0, 0.1) is 11.3 Å². The van der Waals surface area contributed by atoms with Crippen molar-refractivity contribution in [3.63, 3.8) is 0 Å². The van der Waals surface area contributed by atoms with Crippen molar-refractivity contribution in [3.05, 3.63) is 70.4 Å². The van der Waals surface area contributed by atoms with Crippen LogP contribution < -0.4 is 10.2 Å². The van der Waals surface area contributed by atoms with Gasteiger partial charge in [-0.3, -0.25) is 9.69 Å². The van der Waals surface area contributed by atoms with Gasteiger partial charge in [-0.2, -0.15) is 18.4 Å². The highest BCUT2D eigenvalue weighted by molar-refractivity contribution is 7.99. The summed E-state index contributed by atoms with van der Waals surface area (Å²) in [5, 5.41) is 12.1. The van der Waals surface area contributed by atoms with Gasteiger partial charge in [0.1, 0.15) is 0 Å². The molecule has 1 N–H and O–H groups in total. The van der Waals surface area contributed by atoms with E-state index < -0.39 is 23.8 Å². The molecule has 9 heteroatoms. The number of allylic oxidation sites excluding steroid dienone is 1. The molecule has 1 aliphatic carbocycles. The molecule has 0 fully saturated rings. The number of nitrogens with zero attached hydrogens (tertiary/aromatic N) is 2. The zero-order chi connectivity index (χ0) is 23.8. The van der Waals surface area contributed by atoms with Crippen molar-refractivity contribution in [2.45, 2.75) is 43.3 Å². The maximum absolute atomic E-state index is 13.3. The van der Waals surface area contributed by atoms with Crippen LogP contribution in [0.15, 0.2) is 58.6 Å². The van der Waals surface area contributed by atoms with Crippen molar-refractivity contribution in [1.29, 1.82) is 5.26 Å². The minimum absolute atomic E-state index is 0.0611. The number of amides is 2. The van der Waals surface area contributed by atoms with Gasteiger partial charge < -0.3 is 5.32 Å². The number of alkyl halides is 3. The first-order chi connectivity index (χ1) is 15.7. The number of halogens is 3. The van der Waals surface area contributed by atoms with Gasteiger partial charge in [-0.25, -0.2) is 4.79 Å². The Morgan fingerprint density at radius 1 is 1.18 bits per heavy atom. The van der Waals surface area contributed by atoms with Crippen LogP contribution in [0.5, 0.6) is 0 Å². The standard InChI is InChI=1S/C24H20F3N3O2S/c1-2-33-20-11-14(13-28)9-10-17(20)22-21-18(7-4-8-19(21)31)30(23(32)29-22)16-6-3-5-15(12-16)24(25,26)27/h3,5-6,9-12,22H,2,4,7-8H2,1H3,(H,29,32)/t22-/m0/s1. The lowest BCUT2D eigenvalue weighted by Gasteiger charge is -2.39. The van der Waals surface area contributed by atoms with Crippen molar-refractivity contribution < 1.29 is 22.8 Å². The Kier molecular flexibility index (Phi) is 6.21. The van der Waals surface area contributed by atoms with Gasteiger partial charge in [-0.1, -0.05) is 19.1 Å². The third kappa shape index (κ3) is 4.35. The third-order valence-corrected chi connectivity index (χ3v) is 6.60. The van der Waals surface area contributed by atoms with Crippen molar-refractivity contribution in [1.82, 2.24) is 5.32 Å². The number of benzene rings is 2. The molecule has 1 aliphatic heterocycles. The molecule has 4 rings (SSSR count). The summed E-state index contributed by atoms with van der Waals surface area (Å²) >= 11 is 1.49. The van der Waals surface area contributed by atoms with Crippen molar-refractivity contribution >= 4 is 29.3 Å². The molecule has 0 aromatic heterocycles. The predicted molar refractivity (Wildman–Crippen MR) is 119 cm³/mol. The molecule has 5 nitrogen and oxygen atoms in total. The van der Waals surface area contributed by atoms with Crippen LogP contribution in [-0.2, 0) is 11.0 Å². The Balaban J connectivity index is 1.86. The molecule has 2 amide bonds. The minimum atomic E-state index is -4.56. The number of urea groups is 1. The molecule has 0 saturated heterocycles. The van der Waals surface area contributed by atoms with E-state index >= 15 is 0 Å². The summed E-state index contributed by atoms with van der Waals surface area (Å²) in [5.41, 5.74) is 1.17. The molecule has 1 heterocycles. The van der Waals surface area contributed by atoms with Crippen LogP contribution in [0.2, 0.25) is 0 Å². The van der Waals surface area contributed by atoms with Gasteiger partial charge in [0.2, 0.25) is 0 Å². The zero-order valence-electron chi connectivity index (χ0n) is 17.7. The highest BCUT2D eigenvalue weighted by atomic mass is 32.2. The van der Waals surface area contributed by atoms with Crippen LogP contribution >= 0.6 is 11.8 Å². The van der Waals surface area contributed by atoms with Crippen molar-refractivity contribution in [2.75, 3.05) is 10.7 Å². The fraction of sp³-hybridized carbons (Fsp3) is 0.292. The first kappa shape index (κ1) is 22.9. The smallest absolute Gasteiger partial charge is 0.326 e. The first-order valence-electron chi connectivity index (χ1n) is 10.5. The number of Topliss-reactive ketones (excluding diaryl/α,β-unsaturated/α-hetero) is 1. The number of nitrogens with one attached hydrogen (secondary N) is 1. The monoisotopic (exact) mass is 471 g/mol. The largest absolute Gasteiger partial charge is 0.416 e. The van der Waals surface area contributed by atoms with E-state index in [0.29, 0.717) is 41.7 Å². The topological polar surface area (TPSA) is 73.2 Å². The number of nitriles is 1. The predicted octanol–water partition coefficient (Wildman–Crippen LogP) is 5.97. The molecular weight excluding hydrogens is 451 g/mol. The quantitative estimate of drug-likeness (QED) is 0.558. The normalized spacial score (nSPS) is 18.6. The second kappa shape index (κ2) is 8.94. The van der Waals surface area contributed by atoms with Gasteiger partial charge in [-0.05, 0) is 54.5 Å². The number of hydrogen-bond donors (Lipinski definition) is 1. The van der Waals surface area contributed by atoms with E-state index in [-0.39, 0.29) is 11.5 Å². The van der Waals surface area contributed by atoms with Gasteiger partial charge in [0, 0.05) is 22.6 Å². The summed E-state index contributed by atoms with van der Waals surface area (Å²) in [5.74, 6) is 0.578. The Morgan fingerprint density at radius 3 is 2.67 bits per heavy atom. The number of ketones is 1. The van der Waals surface area contributed by atoms with Crippen molar-refractivity contribution in [3.8, 4) is 6.07 Å². The van der Waals surface area contributed by atoms with Crippen LogP contribution in [0.25, 0.3) is 0 Å². The molecule has 2 aliphatic rings. The van der Waals surface area contributed by atoms with E-state index in [0.717, 1.165) is 22.8 Å². The summed E-state index contributed by atoms with van der Waals surface area (Å²) in [4.78, 5) is 28.2. The molecule has 2 aromatic carbocycles. The Hall–Kier alpha value is -3.25. The summed E-state index contributed by atoms with van der Waals surface area (Å²) in [6.07, 6.45) is -3.35. The van der Waals surface area contributed by atoms with Crippen LogP contribution in [0.1, 0.15) is 48.9 Å². The first-order valence-corrected chi connectivity index (χ1v) is 11.4. The Bertz CT molecular complexity index is 1200. The zero-order valence-corrected chi connectivity index (χ0v) is 18.5. The van der Waals surface area contributed by atoms with Gasteiger partial charge in [0.25, 0.3) is 0 Å². The number of hydrogen-bond acceptors (Lipinski definition) is 4. The molecule has 0 spiro atoms. The summed E-state index contributed by atoms with van der Waals surface area (Å²) in [6, 6.07) is 10.4. The second-order valence-corrected chi connectivity index (χ2v) is 9.01. The number of thioether (sulfide) groups is 1. The van der Waals surface area contributed by atoms with Crippen LogP contribution in [-0.4, -0.2) is 17.6 Å². The molecule has 33 heavy (non-hydrogen) atoms. The lowest BCUT2D eigenvalue weighted by atomic mass is 9.84. The lowest BCUT2D eigenvalue weighted by Crippen LogP contribution is -2.49. The second-order valence-electron chi connectivity index (χ2n) is 7.70. The maximum atomic E-state index is 13.3. The molecule has 0 unspecified atom stereocenters. The fourth-order valence-corrected chi connectivity index (χ4v) is 5.11. The molecule has 1 atom stereocenters.